The molecule has 1 aliphatic rings. The summed E-state index contributed by atoms with van der Waals surface area (Å²) >= 11 is 0. The Balaban J connectivity index is 1.61. The Labute approximate surface area is 176 Å². The van der Waals surface area contributed by atoms with Gasteiger partial charge in [-0.1, -0.05) is 0 Å². The molecule has 1 aliphatic heterocycles. The summed E-state index contributed by atoms with van der Waals surface area (Å²) in [6, 6.07) is 15.7. The molecule has 0 radical (unpaired) electrons. The van der Waals surface area contributed by atoms with Crippen LogP contribution in [0, 0.1) is 17.2 Å². The SMILES string of the molecule is N#Cc1ccc(OCCC(CNc2ccc(C(=O)O)cc2)C2(O)CCNCC2)cc1. The normalized spacial score (nSPS) is 16.3. The maximum absolute atomic E-state index is 11.2. The van der Waals surface area contributed by atoms with Crippen molar-refractivity contribution < 1.29 is 19.7 Å². The summed E-state index contributed by atoms with van der Waals surface area (Å²) in [5.41, 5.74) is 0.857. The third-order valence-electron chi connectivity index (χ3n) is 5.63. The number of aliphatic hydroxyl groups is 1. The van der Waals surface area contributed by atoms with Crippen molar-refractivity contribution in [2.24, 2.45) is 5.92 Å². The molecule has 158 valence electrons. The predicted octanol–water partition coefficient (Wildman–Crippen LogP) is 2.87. The lowest BCUT2D eigenvalue weighted by atomic mass is 9.78. The van der Waals surface area contributed by atoms with E-state index in [-0.39, 0.29) is 11.5 Å². The number of hydrogen-bond acceptors (Lipinski definition) is 6. The second kappa shape index (κ2) is 10.1. The van der Waals surface area contributed by atoms with Crippen LogP contribution < -0.4 is 15.4 Å². The van der Waals surface area contributed by atoms with Gasteiger partial charge in [-0.25, -0.2) is 4.79 Å². The lowest BCUT2D eigenvalue weighted by molar-refractivity contribution is -0.0453. The van der Waals surface area contributed by atoms with Crippen LogP contribution in [0.15, 0.2) is 48.5 Å². The molecule has 0 aliphatic carbocycles. The molecule has 0 bridgehead atoms. The number of benzene rings is 2. The minimum atomic E-state index is -0.955. The lowest BCUT2D eigenvalue weighted by Gasteiger charge is -2.40. The molecule has 1 heterocycles. The Morgan fingerprint density at radius 3 is 2.43 bits per heavy atom. The van der Waals surface area contributed by atoms with Crippen LogP contribution in [0.5, 0.6) is 5.75 Å². The van der Waals surface area contributed by atoms with Gasteiger partial charge in [-0.2, -0.15) is 5.26 Å². The molecule has 0 amide bonds. The van der Waals surface area contributed by atoms with E-state index >= 15 is 0 Å². The molecule has 1 unspecified atom stereocenters. The van der Waals surface area contributed by atoms with Crippen molar-refractivity contribution in [2.75, 3.05) is 31.6 Å². The van der Waals surface area contributed by atoms with Crippen LogP contribution in [0.3, 0.4) is 0 Å². The van der Waals surface area contributed by atoms with E-state index in [4.69, 9.17) is 15.1 Å². The second-order valence-electron chi connectivity index (χ2n) is 7.59. The number of ether oxygens (including phenoxy) is 1. The zero-order valence-electron chi connectivity index (χ0n) is 16.8. The number of carbonyl (C=O) groups is 1. The largest absolute Gasteiger partial charge is 0.494 e. The minimum absolute atomic E-state index is 0.0304. The fraction of sp³-hybridized carbons (Fsp3) is 0.391. The molecule has 4 N–H and O–H groups in total. The van der Waals surface area contributed by atoms with E-state index in [0.29, 0.717) is 43.7 Å². The third kappa shape index (κ3) is 5.72. The van der Waals surface area contributed by atoms with E-state index in [9.17, 15) is 9.90 Å². The Morgan fingerprint density at radius 1 is 1.17 bits per heavy atom. The highest BCUT2D eigenvalue weighted by atomic mass is 16.5. The van der Waals surface area contributed by atoms with Gasteiger partial charge in [-0.05, 0) is 80.9 Å². The molecule has 2 aromatic rings. The first-order chi connectivity index (χ1) is 14.5. The monoisotopic (exact) mass is 409 g/mol. The Morgan fingerprint density at radius 2 is 1.83 bits per heavy atom. The maximum atomic E-state index is 11.2. The fourth-order valence-electron chi connectivity index (χ4n) is 3.75. The van der Waals surface area contributed by atoms with Crippen LogP contribution in [0.1, 0.15) is 35.2 Å². The van der Waals surface area contributed by atoms with Gasteiger partial charge in [0.25, 0.3) is 0 Å². The molecule has 0 saturated carbocycles. The summed E-state index contributed by atoms with van der Waals surface area (Å²) in [6.07, 6.45) is 2.01. The Kier molecular flexibility index (Phi) is 7.28. The van der Waals surface area contributed by atoms with E-state index in [1.165, 1.54) is 0 Å². The molecular formula is C23H27N3O4. The van der Waals surface area contributed by atoms with Crippen molar-refractivity contribution >= 4 is 11.7 Å². The summed E-state index contributed by atoms with van der Waals surface area (Å²) in [4.78, 5) is 11.0. The molecule has 2 aromatic carbocycles. The summed E-state index contributed by atoms with van der Waals surface area (Å²) in [5, 5.41) is 35.8. The third-order valence-corrected chi connectivity index (χ3v) is 5.63. The van der Waals surface area contributed by atoms with Crippen LogP contribution in [0.2, 0.25) is 0 Å². The van der Waals surface area contributed by atoms with Crippen LogP contribution in [-0.4, -0.2) is 48.0 Å². The van der Waals surface area contributed by atoms with Crippen LogP contribution >= 0.6 is 0 Å². The number of rotatable bonds is 9. The summed E-state index contributed by atoms with van der Waals surface area (Å²) < 4.78 is 5.84. The summed E-state index contributed by atoms with van der Waals surface area (Å²) in [6.45, 7) is 2.55. The van der Waals surface area contributed by atoms with E-state index < -0.39 is 11.6 Å². The smallest absolute Gasteiger partial charge is 0.335 e. The van der Waals surface area contributed by atoms with Crippen molar-refractivity contribution in [2.45, 2.75) is 24.9 Å². The number of aromatic carboxylic acids is 1. The van der Waals surface area contributed by atoms with E-state index in [0.717, 1.165) is 18.8 Å². The van der Waals surface area contributed by atoms with Gasteiger partial charge in [-0.15, -0.1) is 0 Å². The molecule has 7 nitrogen and oxygen atoms in total. The highest BCUT2D eigenvalue weighted by Crippen LogP contribution is 2.30. The van der Waals surface area contributed by atoms with Gasteiger partial charge in [0.05, 0.1) is 29.4 Å². The van der Waals surface area contributed by atoms with E-state index in [1.807, 2.05) is 0 Å². The predicted molar refractivity (Wildman–Crippen MR) is 114 cm³/mol. The topological polar surface area (TPSA) is 115 Å². The van der Waals surface area contributed by atoms with Crippen molar-refractivity contribution in [3.63, 3.8) is 0 Å². The first-order valence-corrected chi connectivity index (χ1v) is 10.1. The number of hydrogen-bond donors (Lipinski definition) is 4. The lowest BCUT2D eigenvalue weighted by Crippen LogP contribution is -2.49. The second-order valence-corrected chi connectivity index (χ2v) is 7.59. The zero-order valence-corrected chi connectivity index (χ0v) is 16.8. The maximum Gasteiger partial charge on any atom is 0.335 e. The number of nitrogens with zero attached hydrogens (tertiary/aromatic N) is 1. The standard InChI is InChI=1S/C23H27N3O4/c24-15-17-1-7-21(8-2-17)30-14-9-19(23(29)10-12-25-13-11-23)16-26-20-5-3-18(4-6-20)22(27)28/h1-8,19,25-26,29H,9-14,16H2,(H,27,28). The highest BCUT2D eigenvalue weighted by molar-refractivity contribution is 5.87. The van der Waals surface area contributed by atoms with Crippen molar-refractivity contribution in [1.82, 2.24) is 5.32 Å². The minimum Gasteiger partial charge on any atom is -0.494 e. The van der Waals surface area contributed by atoms with Crippen molar-refractivity contribution in [3.05, 3.63) is 59.7 Å². The van der Waals surface area contributed by atoms with Gasteiger partial charge in [0.1, 0.15) is 5.75 Å². The highest BCUT2D eigenvalue weighted by Gasteiger charge is 2.37. The molecule has 0 aromatic heterocycles. The number of piperidine rings is 1. The summed E-state index contributed by atoms with van der Waals surface area (Å²) in [5.74, 6) is -0.289. The van der Waals surface area contributed by atoms with Crippen LogP contribution in [0.25, 0.3) is 0 Å². The molecule has 7 heteroatoms. The van der Waals surface area contributed by atoms with Crippen molar-refractivity contribution in [1.29, 1.82) is 5.26 Å². The zero-order chi connectivity index (χ0) is 21.4. The number of anilines is 1. The fourth-order valence-corrected chi connectivity index (χ4v) is 3.75. The van der Waals surface area contributed by atoms with Crippen molar-refractivity contribution in [3.8, 4) is 11.8 Å². The molecular weight excluding hydrogens is 382 g/mol. The van der Waals surface area contributed by atoms with Gasteiger partial charge < -0.3 is 25.6 Å². The molecule has 30 heavy (non-hydrogen) atoms. The molecule has 1 saturated heterocycles. The van der Waals surface area contributed by atoms with Gasteiger partial charge in [0.15, 0.2) is 0 Å². The van der Waals surface area contributed by atoms with Crippen LogP contribution in [-0.2, 0) is 0 Å². The Bertz CT molecular complexity index is 869. The van der Waals surface area contributed by atoms with E-state index in [2.05, 4.69) is 16.7 Å². The first-order valence-electron chi connectivity index (χ1n) is 10.1. The quantitative estimate of drug-likeness (QED) is 0.503. The number of nitriles is 1. The average molecular weight is 409 g/mol. The molecule has 0 spiro atoms. The number of nitrogens with one attached hydrogen (secondary N) is 2. The molecule has 1 fully saturated rings. The van der Waals surface area contributed by atoms with Gasteiger partial charge in [0.2, 0.25) is 0 Å². The molecule has 3 rings (SSSR count). The summed E-state index contributed by atoms with van der Waals surface area (Å²) in [7, 11) is 0. The molecule has 1 atom stereocenters. The van der Waals surface area contributed by atoms with E-state index in [1.54, 1.807) is 48.5 Å². The van der Waals surface area contributed by atoms with Gasteiger partial charge in [0, 0.05) is 18.2 Å². The average Bonchev–Trinajstić information content (AvgIpc) is 2.77. The van der Waals surface area contributed by atoms with Crippen LogP contribution in [0.4, 0.5) is 5.69 Å². The van der Waals surface area contributed by atoms with Gasteiger partial charge in [-0.3, -0.25) is 0 Å². The Hall–Kier alpha value is -3.08. The first kappa shape index (κ1) is 21.6. The number of carboxylic acids is 1. The number of carboxylic acid groups (broad SMARTS) is 1. The van der Waals surface area contributed by atoms with Gasteiger partial charge >= 0.3 is 5.97 Å².